The molecule has 0 unspecified atom stereocenters. The van der Waals surface area contributed by atoms with E-state index in [1.54, 1.807) is 48.5 Å². The molecule has 0 aliphatic carbocycles. The Morgan fingerprint density at radius 3 is 2.13 bits per heavy atom. The molecule has 0 atom stereocenters. The fourth-order valence-corrected chi connectivity index (χ4v) is 3.85. The van der Waals surface area contributed by atoms with E-state index >= 15 is 0 Å². The standard InChI is InChI=1S/C21H19BrN2O5S/c1-28-19-4-2-3-5-20(19)29-14-21(25)23-16-10-12-18(13-11-16)30(26,27)24-17-8-6-15(22)7-9-17/h2-13,24H,14H2,1H3,(H,23,25). The van der Waals surface area contributed by atoms with Crippen LogP contribution < -0.4 is 19.5 Å². The summed E-state index contributed by atoms with van der Waals surface area (Å²) in [6.07, 6.45) is 0. The van der Waals surface area contributed by atoms with Gasteiger partial charge in [-0.25, -0.2) is 8.42 Å². The lowest BCUT2D eigenvalue weighted by atomic mass is 10.3. The molecule has 0 radical (unpaired) electrons. The van der Waals surface area contributed by atoms with Crippen LogP contribution in [0.25, 0.3) is 0 Å². The maximum absolute atomic E-state index is 12.5. The molecule has 0 aromatic heterocycles. The van der Waals surface area contributed by atoms with Crippen molar-refractivity contribution in [2.75, 3.05) is 23.8 Å². The Bertz CT molecular complexity index is 1120. The second-order valence-electron chi connectivity index (χ2n) is 6.12. The van der Waals surface area contributed by atoms with Crippen molar-refractivity contribution in [1.29, 1.82) is 0 Å². The van der Waals surface area contributed by atoms with Gasteiger partial charge in [0.05, 0.1) is 12.0 Å². The second-order valence-corrected chi connectivity index (χ2v) is 8.72. The number of hydrogen-bond acceptors (Lipinski definition) is 5. The number of para-hydroxylation sites is 2. The number of anilines is 2. The van der Waals surface area contributed by atoms with Crippen molar-refractivity contribution in [2.45, 2.75) is 4.90 Å². The van der Waals surface area contributed by atoms with Crippen LogP contribution in [0.5, 0.6) is 11.5 Å². The monoisotopic (exact) mass is 490 g/mol. The molecule has 2 N–H and O–H groups in total. The molecule has 3 aromatic rings. The third kappa shape index (κ3) is 5.74. The van der Waals surface area contributed by atoms with Gasteiger partial charge >= 0.3 is 0 Å². The van der Waals surface area contributed by atoms with Gasteiger partial charge in [0.2, 0.25) is 0 Å². The van der Waals surface area contributed by atoms with E-state index in [2.05, 4.69) is 26.0 Å². The summed E-state index contributed by atoms with van der Waals surface area (Å²) in [7, 11) is -2.22. The number of methoxy groups -OCH3 is 1. The van der Waals surface area contributed by atoms with E-state index in [4.69, 9.17) is 9.47 Å². The largest absolute Gasteiger partial charge is 0.493 e. The van der Waals surface area contributed by atoms with Gasteiger partial charge in [0.1, 0.15) is 0 Å². The Labute approximate surface area is 183 Å². The highest BCUT2D eigenvalue weighted by atomic mass is 79.9. The van der Waals surface area contributed by atoms with E-state index in [0.717, 1.165) is 4.47 Å². The Morgan fingerprint density at radius 2 is 1.50 bits per heavy atom. The van der Waals surface area contributed by atoms with Crippen molar-refractivity contribution < 1.29 is 22.7 Å². The fourth-order valence-electron chi connectivity index (χ4n) is 2.53. The van der Waals surface area contributed by atoms with Crippen LogP contribution in [-0.2, 0) is 14.8 Å². The number of amides is 1. The Balaban J connectivity index is 1.59. The fraction of sp³-hybridized carbons (Fsp3) is 0.0952. The maximum Gasteiger partial charge on any atom is 0.262 e. The molecule has 0 fully saturated rings. The normalized spacial score (nSPS) is 10.9. The van der Waals surface area contributed by atoms with Crippen molar-refractivity contribution in [2.24, 2.45) is 0 Å². The molecular formula is C21H19BrN2O5S. The van der Waals surface area contributed by atoms with Crippen LogP contribution >= 0.6 is 15.9 Å². The van der Waals surface area contributed by atoms with E-state index < -0.39 is 10.0 Å². The van der Waals surface area contributed by atoms with Gasteiger partial charge in [-0.2, -0.15) is 0 Å². The minimum absolute atomic E-state index is 0.0775. The van der Waals surface area contributed by atoms with Crippen molar-refractivity contribution in [3.63, 3.8) is 0 Å². The molecule has 0 spiro atoms. The highest BCUT2D eigenvalue weighted by molar-refractivity contribution is 9.10. The van der Waals surface area contributed by atoms with Gasteiger partial charge in [0.25, 0.3) is 15.9 Å². The van der Waals surface area contributed by atoms with E-state index in [1.165, 1.54) is 31.4 Å². The molecule has 156 valence electrons. The predicted octanol–water partition coefficient (Wildman–Crippen LogP) is 4.28. The topological polar surface area (TPSA) is 93.7 Å². The van der Waals surface area contributed by atoms with Crippen molar-refractivity contribution in [1.82, 2.24) is 0 Å². The first-order valence-electron chi connectivity index (χ1n) is 8.81. The van der Waals surface area contributed by atoms with Crippen molar-refractivity contribution >= 4 is 43.2 Å². The summed E-state index contributed by atoms with van der Waals surface area (Å²) in [5, 5.41) is 2.66. The highest BCUT2D eigenvalue weighted by Gasteiger charge is 2.14. The zero-order chi connectivity index (χ0) is 21.6. The van der Waals surface area contributed by atoms with Crippen molar-refractivity contribution in [3.05, 3.63) is 77.3 Å². The number of carbonyl (C=O) groups excluding carboxylic acids is 1. The summed E-state index contributed by atoms with van der Waals surface area (Å²) in [5.41, 5.74) is 0.898. The van der Waals surface area contributed by atoms with Gasteiger partial charge < -0.3 is 14.8 Å². The zero-order valence-corrected chi connectivity index (χ0v) is 18.4. The molecule has 9 heteroatoms. The van der Waals surface area contributed by atoms with Crippen molar-refractivity contribution in [3.8, 4) is 11.5 Å². The predicted molar refractivity (Wildman–Crippen MR) is 119 cm³/mol. The first-order chi connectivity index (χ1) is 14.4. The van der Waals surface area contributed by atoms with Gasteiger partial charge in [-0.05, 0) is 60.7 Å². The maximum atomic E-state index is 12.5. The molecule has 7 nitrogen and oxygen atoms in total. The molecule has 0 heterocycles. The average Bonchev–Trinajstić information content (AvgIpc) is 2.74. The number of ether oxygens (including phenoxy) is 2. The zero-order valence-electron chi connectivity index (χ0n) is 16.0. The first-order valence-corrected chi connectivity index (χ1v) is 11.1. The number of sulfonamides is 1. The van der Waals surface area contributed by atoms with Gasteiger partial charge in [-0.3, -0.25) is 9.52 Å². The molecule has 3 aromatic carbocycles. The Morgan fingerprint density at radius 1 is 0.900 bits per heavy atom. The van der Waals surface area contributed by atoms with Crippen LogP contribution in [0.2, 0.25) is 0 Å². The third-order valence-corrected chi connectivity index (χ3v) is 5.90. The molecule has 0 aliphatic rings. The van der Waals surface area contributed by atoms with Crippen LogP contribution in [0.15, 0.2) is 82.2 Å². The van der Waals surface area contributed by atoms with Crippen LogP contribution in [0.4, 0.5) is 11.4 Å². The number of benzene rings is 3. The quantitative estimate of drug-likeness (QED) is 0.491. The lowest BCUT2D eigenvalue weighted by molar-refractivity contribution is -0.118. The highest BCUT2D eigenvalue weighted by Crippen LogP contribution is 2.25. The van der Waals surface area contributed by atoms with Crippen LogP contribution in [-0.4, -0.2) is 28.0 Å². The van der Waals surface area contributed by atoms with Gasteiger partial charge in [-0.1, -0.05) is 28.1 Å². The van der Waals surface area contributed by atoms with Crippen LogP contribution in [0.3, 0.4) is 0 Å². The lowest BCUT2D eigenvalue weighted by Gasteiger charge is -2.11. The molecule has 0 bridgehead atoms. The Kier molecular flexibility index (Phi) is 6.96. The van der Waals surface area contributed by atoms with Gasteiger partial charge in [0.15, 0.2) is 18.1 Å². The minimum atomic E-state index is -3.74. The minimum Gasteiger partial charge on any atom is -0.493 e. The summed E-state index contributed by atoms with van der Waals surface area (Å²) in [4.78, 5) is 12.2. The Hall–Kier alpha value is -3.04. The van der Waals surface area contributed by atoms with Gasteiger partial charge in [-0.15, -0.1) is 0 Å². The molecule has 0 saturated heterocycles. The number of nitrogens with one attached hydrogen (secondary N) is 2. The van der Waals surface area contributed by atoms with Crippen LogP contribution in [0, 0.1) is 0 Å². The molecule has 3 rings (SSSR count). The summed E-state index contributed by atoms with van der Waals surface area (Å²) in [6, 6.07) is 19.6. The van der Waals surface area contributed by atoms with E-state index in [0.29, 0.717) is 22.9 Å². The summed E-state index contributed by atoms with van der Waals surface area (Å²) < 4.78 is 39.0. The first kappa shape index (κ1) is 21.7. The molecule has 1 amide bonds. The number of carbonyl (C=O) groups is 1. The SMILES string of the molecule is COc1ccccc1OCC(=O)Nc1ccc(S(=O)(=O)Nc2ccc(Br)cc2)cc1. The summed E-state index contributed by atoms with van der Waals surface area (Å²) >= 11 is 3.30. The molecule has 0 aliphatic heterocycles. The van der Waals surface area contributed by atoms with Gasteiger partial charge in [0, 0.05) is 15.8 Å². The van der Waals surface area contributed by atoms with E-state index in [1.807, 2.05) is 0 Å². The smallest absolute Gasteiger partial charge is 0.262 e. The molecule has 30 heavy (non-hydrogen) atoms. The lowest BCUT2D eigenvalue weighted by Crippen LogP contribution is -2.20. The summed E-state index contributed by atoms with van der Waals surface area (Å²) in [5.74, 6) is 0.596. The number of halogens is 1. The average molecular weight is 491 g/mol. The molecular weight excluding hydrogens is 472 g/mol. The number of rotatable bonds is 8. The number of hydrogen-bond donors (Lipinski definition) is 2. The van der Waals surface area contributed by atoms with Crippen LogP contribution in [0.1, 0.15) is 0 Å². The second kappa shape index (κ2) is 9.64. The third-order valence-electron chi connectivity index (χ3n) is 3.97. The van der Waals surface area contributed by atoms with E-state index in [-0.39, 0.29) is 17.4 Å². The summed E-state index contributed by atoms with van der Waals surface area (Å²) in [6.45, 7) is -0.217. The molecule has 0 saturated carbocycles. The van der Waals surface area contributed by atoms with E-state index in [9.17, 15) is 13.2 Å².